The van der Waals surface area contributed by atoms with E-state index in [0.29, 0.717) is 17.4 Å². The van der Waals surface area contributed by atoms with Crippen LogP contribution in [0.4, 0.5) is 16.3 Å². The third kappa shape index (κ3) is 6.95. The largest absolute Gasteiger partial charge is 0.324 e. The van der Waals surface area contributed by atoms with Crippen molar-refractivity contribution < 1.29 is 9.59 Å². The third-order valence-corrected chi connectivity index (χ3v) is 7.40. The Hall–Kier alpha value is -3.45. The molecule has 3 N–H and O–H groups in total. The van der Waals surface area contributed by atoms with Crippen LogP contribution in [0, 0.1) is 18.3 Å². The molecule has 1 fully saturated rings. The summed E-state index contributed by atoms with van der Waals surface area (Å²) < 4.78 is 1.77. The van der Waals surface area contributed by atoms with Crippen molar-refractivity contribution in [1.82, 2.24) is 15.1 Å². The molecule has 0 bridgehead atoms. The van der Waals surface area contributed by atoms with E-state index in [1.165, 1.54) is 0 Å². The molecule has 39 heavy (non-hydrogen) atoms. The fraction of sp³-hybridized carbons (Fsp3) is 0.469. The number of benzene rings is 2. The molecular formula is C32H43N5O2. The van der Waals surface area contributed by atoms with E-state index in [4.69, 9.17) is 5.10 Å². The van der Waals surface area contributed by atoms with Crippen molar-refractivity contribution in [2.24, 2.45) is 11.3 Å². The van der Waals surface area contributed by atoms with Gasteiger partial charge in [0.15, 0.2) is 0 Å². The summed E-state index contributed by atoms with van der Waals surface area (Å²) in [5.74, 6) is 1.04. The van der Waals surface area contributed by atoms with Crippen molar-refractivity contribution in [2.75, 3.05) is 23.7 Å². The average molecular weight is 530 g/mol. The summed E-state index contributed by atoms with van der Waals surface area (Å²) in [4.78, 5) is 26.5. The number of hydrogen-bond acceptors (Lipinski definition) is 4. The molecule has 7 heteroatoms. The standard InChI is InChI=1S/C32H43N5O2/c1-21-8-14-25(15-9-21)37-27(20-26(36-37)31(2,3)4)35-30(39)34-24-12-10-22(11-13-24)28(29(38)32(5,6)7)23-16-18-33-19-17-23/h8-15,20,23,28,33H,16-19H2,1-7H3,(H2,34,35,39). The van der Waals surface area contributed by atoms with Crippen molar-refractivity contribution in [1.29, 1.82) is 0 Å². The number of nitrogens with one attached hydrogen (secondary N) is 3. The minimum absolute atomic E-state index is 0.144. The Bertz CT molecular complexity index is 1290. The van der Waals surface area contributed by atoms with Crippen molar-refractivity contribution in [3.05, 3.63) is 71.4 Å². The van der Waals surface area contributed by atoms with E-state index in [1.54, 1.807) is 4.68 Å². The first-order chi connectivity index (χ1) is 18.3. The lowest BCUT2D eigenvalue weighted by molar-refractivity contribution is -0.129. The molecule has 4 rings (SSSR count). The van der Waals surface area contributed by atoms with Gasteiger partial charge in [0.25, 0.3) is 0 Å². The SMILES string of the molecule is Cc1ccc(-n2nc(C(C)(C)C)cc2NC(=O)Nc2ccc(C(C(=O)C(C)(C)C)C3CCNCC3)cc2)cc1. The smallest absolute Gasteiger partial charge is 0.317 e. The number of anilines is 2. The minimum atomic E-state index is -0.418. The Morgan fingerprint density at radius 3 is 2.10 bits per heavy atom. The number of Topliss-reactive ketones (excluding diaryl/α,β-unsaturated/α-hetero) is 1. The maximum absolute atomic E-state index is 13.5. The molecule has 2 aromatic carbocycles. The zero-order valence-electron chi connectivity index (χ0n) is 24.4. The number of urea groups is 1. The summed E-state index contributed by atoms with van der Waals surface area (Å²) in [5.41, 5.74) is 4.01. The topological polar surface area (TPSA) is 88.1 Å². The molecule has 1 unspecified atom stereocenters. The number of piperidine rings is 1. The van der Waals surface area contributed by atoms with E-state index < -0.39 is 5.41 Å². The number of ketones is 1. The summed E-state index contributed by atoms with van der Waals surface area (Å²) in [6.07, 6.45) is 1.97. The molecule has 1 aliphatic rings. The first-order valence-electron chi connectivity index (χ1n) is 13.9. The van der Waals surface area contributed by atoms with Crippen LogP contribution in [-0.4, -0.2) is 34.7 Å². The van der Waals surface area contributed by atoms with E-state index in [2.05, 4.69) is 36.7 Å². The van der Waals surface area contributed by atoms with Crippen LogP contribution in [0.5, 0.6) is 0 Å². The molecule has 2 heterocycles. The molecule has 2 amide bonds. The molecular weight excluding hydrogens is 486 g/mol. The predicted molar refractivity (Wildman–Crippen MR) is 159 cm³/mol. The number of nitrogens with zero attached hydrogens (tertiary/aromatic N) is 2. The summed E-state index contributed by atoms with van der Waals surface area (Å²) in [6, 6.07) is 17.4. The van der Waals surface area contributed by atoms with Crippen LogP contribution in [-0.2, 0) is 10.2 Å². The molecule has 0 saturated carbocycles. The van der Waals surface area contributed by atoms with Gasteiger partial charge in [-0.15, -0.1) is 0 Å². The molecule has 1 saturated heterocycles. The summed E-state index contributed by atoms with van der Waals surface area (Å²) in [6.45, 7) is 16.2. The highest BCUT2D eigenvalue weighted by Crippen LogP contribution is 2.37. The van der Waals surface area contributed by atoms with E-state index in [1.807, 2.05) is 82.3 Å². The first-order valence-corrected chi connectivity index (χ1v) is 13.9. The number of rotatable bonds is 6. The van der Waals surface area contributed by atoms with Crippen LogP contribution in [0.15, 0.2) is 54.6 Å². The van der Waals surface area contributed by atoms with E-state index in [-0.39, 0.29) is 23.1 Å². The van der Waals surface area contributed by atoms with Crippen LogP contribution in [0.3, 0.4) is 0 Å². The molecule has 0 spiro atoms. The highest BCUT2D eigenvalue weighted by molar-refractivity contribution is 5.99. The molecule has 1 aliphatic heterocycles. The predicted octanol–water partition coefficient (Wildman–Crippen LogP) is 6.82. The van der Waals surface area contributed by atoms with E-state index >= 15 is 0 Å². The lowest BCUT2D eigenvalue weighted by Gasteiger charge is -2.34. The molecule has 0 radical (unpaired) electrons. The second kappa shape index (κ2) is 11.3. The van der Waals surface area contributed by atoms with Gasteiger partial charge in [0.1, 0.15) is 11.6 Å². The number of hydrogen-bond donors (Lipinski definition) is 3. The number of aromatic nitrogens is 2. The highest BCUT2D eigenvalue weighted by Gasteiger charge is 2.36. The van der Waals surface area contributed by atoms with Gasteiger partial charge in [-0.3, -0.25) is 10.1 Å². The van der Waals surface area contributed by atoms with Crippen molar-refractivity contribution in [2.45, 2.75) is 72.6 Å². The molecule has 0 aliphatic carbocycles. The molecule has 208 valence electrons. The minimum Gasteiger partial charge on any atom is -0.317 e. The van der Waals surface area contributed by atoms with Crippen LogP contribution in [0.25, 0.3) is 5.69 Å². The monoisotopic (exact) mass is 529 g/mol. The van der Waals surface area contributed by atoms with E-state index in [9.17, 15) is 9.59 Å². The Balaban J connectivity index is 1.52. The fourth-order valence-electron chi connectivity index (χ4n) is 5.05. The van der Waals surface area contributed by atoms with Gasteiger partial charge in [0, 0.05) is 28.5 Å². The third-order valence-electron chi connectivity index (χ3n) is 7.40. The van der Waals surface area contributed by atoms with Crippen molar-refractivity contribution in [3.8, 4) is 5.69 Å². The quantitative estimate of drug-likeness (QED) is 0.327. The van der Waals surface area contributed by atoms with Gasteiger partial charge in [0.2, 0.25) is 0 Å². The van der Waals surface area contributed by atoms with E-state index in [0.717, 1.165) is 48.4 Å². The summed E-state index contributed by atoms with van der Waals surface area (Å²) >= 11 is 0. The Labute approximate surface area is 232 Å². The summed E-state index contributed by atoms with van der Waals surface area (Å²) in [7, 11) is 0. The Morgan fingerprint density at radius 2 is 1.54 bits per heavy atom. The van der Waals surface area contributed by atoms with Gasteiger partial charge in [0.05, 0.1) is 11.4 Å². The second-order valence-electron chi connectivity index (χ2n) is 12.8. The van der Waals surface area contributed by atoms with Crippen molar-refractivity contribution >= 4 is 23.3 Å². The van der Waals surface area contributed by atoms with Crippen LogP contribution < -0.4 is 16.0 Å². The van der Waals surface area contributed by atoms with Gasteiger partial charge in [-0.25, -0.2) is 9.48 Å². The zero-order valence-corrected chi connectivity index (χ0v) is 24.4. The van der Waals surface area contributed by atoms with Crippen LogP contribution in [0.1, 0.15) is 77.1 Å². The lowest BCUT2D eigenvalue weighted by Crippen LogP contribution is -2.37. The number of aryl methyl sites for hydroxylation is 1. The maximum atomic E-state index is 13.5. The van der Waals surface area contributed by atoms with Gasteiger partial charge >= 0.3 is 6.03 Å². The second-order valence-corrected chi connectivity index (χ2v) is 12.8. The maximum Gasteiger partial charge on any atom is 0.324 e. The molecule has 1 aromatic heterocycles. The van der Waals surface area contributed by atoms with Gasteiger partial charge in [-0.2, -0.15) is 5.10 Å². The van der Waals surface area contributed by atoms with Gasteiger partial charge < -0.3 is 10.6 Å². The molecule has 1 atom stereocenters. The van der Waals surface area contributed by atoms with Gasteiger partial charge in [-0.1, -0.05) is 71.4 Å². The zero-order chi connectivity index (χ0) is 28.4. The number of amides is 2. The van der Waals surface area contributed by atoms with Crippen molar-refractivity contribution in [3.63, 3.8) is 0 Å². The van der Waals surface area contributed by atoms with Crippen LogP contribution >= 0.6 is 0 Å². The Kier molecular flexibility index (Phi) is 8.31. The molecule has 7 nitrogen and oxygen atoms in total. The normalized spacial score (nSPS) is 15.6. The Morgan fingerprint density at radius 1 is 0.923 bits per heavy atom. The van der Waals surface area contributed by atoms with Gasteiger partial charge in [-0.05, 0) is 68.6 Å². The molecule has 3 aromatic rings. The first kappa shape index (κ1) is 28.6. The highest BCUT2D eigenvalue weighted by atomic mass is 16.2. The fourth-order valence-corrected chi connectivity index (χ4v) is 5.05. The summed E-state index contributed by atoms with van der Waals surface area (Å²) in [5, 5.41) is 14.1. The lowest BCUT2D eigenvalue weighted by atomic mass is 9.71. The van der Waals surface area contributed by atoms with Crippen LogP contribution in [0.2, 0.25) is 0 Å². The number of carbonyl (C=O) groups is 2. The average Bonchev–Trinajstić information content (AvgIpc) is 3.30. The number of carbonyl (C=O) groups excluding carboxylic acids is 2.